The molecule has 2 aromatic carbocycles. The number of carbonyl (C=O) groups is 2. The molecule has 11 heteroatoms. The van der Waals surface area contributed by atoms with E-state index >= 15 is 0 Å². The summed E-state index contributed by atoms with van der Waals surface area (Å²) in [5.74, 6) is -2.62. The van der Waals surface area contributed by atoms with Gasteiger partial charge in [0.25, 0.3) is 5.91 Å². The molecule has 1 amide bonds. The zero-order chi connectivity index (χ0) is 27.0. The molecule has 0 radical (unpaired) electrons. The minimum atomic E-state index is -4.88. The maximum atomic E-state index is 13.7. The van der Waals surface area contributed by atoms with E-state index in [2.05, 4.69) is 19.8 Å². The summed E-state index contributed by atoms with van der Waals surface area (Å²) < 4.78 is 41.9. The number of ketones is 1. The first kappa shape index (κ1) is 25.2. The number of anilines is 2. The lowest BCUT2D eigenvalue weighted by molar-refractivity contribution is -0.274. The maximum Gasteiger partial charge on any atom is 0.573 e. The number of aliphatic hydroxyl groups excluding tert-OH is 1. The van der Waals surface area contributed by atoms with Crippen molar-refractivity contribution in [2.45, 2.75) is 32.2 Å². The van der Waals surface area contributed by atoms with E-state index in [0.717, 1.165) is 48.7 Å². The quantitative estimate of drug-likeness (QED) is 0.450. The van der Waals surface area contributed by atoms with Crippen molar-refractivity contribution in [3.8, 4) is 5.75 Å². The van der Waals surface area contributed by atoms with Crippen LogP contribution in [0.15, 0.2) is 72.0 Å². The van der Waals surface area contributed by atoms with Crippen LogP contribution in [0.3, 0.4) is 0 Å². The molecule has 3 heterocycles. The summed E-state index contributed by atoms with van der Waals surface area (Å²) in [6.45, 7) is 3.56. The molecule has 0 spiro atoms. The van der Waals surface area contributed by atoms with E-state index in [-0.39, 0.29) is 22.5 Å². The van der Waals surface area contributed by atoms with Gasteiger partial charge in [0.1, 0.15) is 5.75 Å². The standard InChI is InChI=1S/C27H23F3N4O4/c1-16-4-13-21(32-31-16)34-23(17-7-11-20(12-8-17)38-27(28,29)30)22(25(36)26(34)37)24(35)18-5-9-19(10-6-18)33-14-2-3-15-33/h4-13,23,36H,2-3,14-15H2,1H3. The zero-order valence-electron chi connectivity index (χ0n) is 20.3. The van der Waals surface area contributed by atoms with E-state index in [1.807, 2.05) is 12.1 Å². The molecular formula is C27H23F3N4O4. The Labute approximate surface area is 216 Å². The lowest BCUT2D eigenvalue weighted by Crippen LogP contribution is -2.32. The highest BCUT2D eigenvalue weighted by Crippen LogP contribution is 2.42. The van der Waals surface area contributed by atoms with Gasteiger partial charge in [-0.25, -0.2) is 0 Å². The van der Waals surface area contributed by atoms with Gasteiger partial charge in [0, 0.05) is 24.3 Å². The molecule has 0 bridgehead atoms. The Kier molecular flexibility index (Phi) is 6.52. The molecule has 2 aliphatic rings. The highest BCUT2D eigenvalue weighted by atomic mass is 19.4. The van der Waals surface area contributed by atoms with E-state index in [0.29, 0.717) is 5.69 Å². The SMILES string of the molecule is Cc1ccc(N2C(=O)C(O)=C(C(=O)c3ccc(N4CCCC4)cc3)C2c2ccc(OC(F)(F)F)cc2)nn1. The van der Waals surface area contributed by atoms with Crippen molar-refractivity contribution in [3.63, 3.8) is 0 Å². The topological polar surface area (TPSA) is 95.9 Å². The van der Waals surface area contributed by atoms with Gasteiger partial charge in [-0.3, -0.25) is 14.5 Å². The van der Waals surface area contributed by atoms with Gasteiger partial charge in [0.05, 0.1) is 17.3 Å². The van der Waals surface area contributed by atoms with Crippen molar-refractivity contribution in [2.24, 2.45) is 0 Å². The fourth-order valence-corrected chi connectivity index (χ4v) is 4.72. The van der Waals surface area contributed by atoms with Crippen molar-refractivity contribution < 1.29 is 32.6 Å². The number of Topliss-reactive ketones (excluding diaryl/α,β-unsaturated/α-hetero) is 1. The van der Waals surface area contributed by atoms with Gasteiger partial charge in [-0.15, -0.1) is 18.3 Å². The van der Waals surface area contributed by atoms with E-state index in [1.165, 1.54) is 18.2 Å². The van der Waals surface area contributed by atoms with Crippen LogP contribution >= 0.6 is 0 Å². The molecule has 196 valence electrons. The van der Waals surface area contributed by atoms with Gasteiger partial charge < -0.3 is 14.7 Å². The average Bonchev–Trinajstić information content (AvgIpc) is 3.51. The molecule has 1 aromatic heterocycles. The fourth-order valence-electron chi connectivity index (χ4n) is 4.72. The third kappa shape index (κ3) is 4.91. The Morgan fingerprint density at radius 3 is 2.21 bits per heavy atom. The van der Waals surface area contributed by atoms with Crippen LogP contribution in [0.2, 0.25) is 0 Å². The van der Waals surface area contributed by atoms with Gasteiger partial charge in [-0.1, -0.05) is 12.1 Å². The molecular weight excluding hydrogens is 501 g/mol. The van der Waals surface area contributed by atoms with Gasteiger partial charge in [-0.05, 0) is 73.9 Å². The summed E-state index contributed by atoms with van der Waals surface area (Å²) in [7, 11) is 0. The Balaban J connectivity index is 1.53. The largest absolute Gasteiger partial charge is 0.573 e. The third-order valence-electron chi connectivity index (χ3n) is 6.51. The first-order chi connectivity index (χ1) is 18.1. The second-order valence-corrected chi connectivity index (χ2v) is 9.06. The van der Waals surface area contributed by atoms with Gasteiger partial charge >= 0.3 is 6.36 Å². The van der Waals surface area contributed by atoms with Crippen LogP contribution in [-0.4, -0.2) is 46.4 Å². The van der Waals surface area contributed by atoms with Crippen LogP contribution in [0.5, 0.6) is 5.75 Å². The molecule has 38 heavy (non-hydrogen) atoms. The number of amides is 1. The number of hydrogen-bond acceptors (Lipinski definition) is 7. The number of alkyl halides is 3. The van der Waals surface area contributed by atoms with Crippen molar-refractivity contribution in [1.29, 1.82) is 0 Å². The number of aliphatic hydroxyl groups is 1. The number of aromatic nitrogens is 2. The van der Waals surface area contributed by atoms with E-state index < -0.39 is 35.6 Å². The summed E-state index contributed by atoms with van der Waals surface area (Å²) in [5.41, 5.74) is 1.86. The Morgan fingerprint density at radius 1 is 0.974 bits per heavy atom. The number of halogens is 3. The van der Waals surface area contributed by atoms with Crippen molar-refractivity contribution in [2.75, 3.05) is 22.9 Å². The van der Waals surface area contributed by atoms with Crippen LogP contribution < -0.4 is 14.5 Å². The number of aryl methyl sites for hydroxylation is 1. The van der Waals surface area contributed by atoms with Crippen LogP contribution in [0.1, 0.15) is 40.5 Å². The summed E-state index contributed by atoms with van der Waals surface area (Å²) >= 11 is 0. The summed E-state index contributed by atoms with van der Waals surface area (Å²) in [6.07, 6.45) is -2.69. The number of carbonyl (C=O) groups excluding carboxylic acids is 2. The number of ether oxygens (including phenoxy) is 1. The number of benzene rings is 2. The average molecular weight is 524 g/mol. The summed E-state index contributed by atoms with van der Waals surface area (Å²) in [5, 5.41) is 18.9. The first-order valence-electron chi connectivity index (χ1n) is 11.9. The van der Waals surface area contributed by atoms with Gasteiger partial charge in [0.2, 0.25) is 0 Å². The van der Waals surface area contributed by atoms with Crippen molar-refractivity contribution >= 4 is 23.2 Å². The van der Waals surface area contributed by atoms with Crippen LogP contribution in [0.25, 0.3) is 0 Å². The van der Waals surface area contributed by atoms with Crippen molar-refractivity contribution in [3.05, 3.63) is 88.8 Å². The van der Waals surface area contributed by atoms with E-state index in [9.17, 15) is 27.9 Å². The lowest BCUT2D eigenvalue weighted by atomic mass is 9.92. The molecule has 3 aromatic rings. The molecule has 1 saturated heterocycles. The summed E-state index contributed by atoms with van der Waals surface area (Å²) in [4.78, 5) is 30.2. The summed E-state index contributed by atoms with van der Waals surface area (Å²) in [6, 6.07) is 13.6. The van der Waals surface area contributed by atoms with Crippen LogP contribution in [-0.2, 0) is 4.79 Å². The minimum Gasteiger partial charge on any atom is -0.503 e. The fraction of sp³-hybridized carbons (Fsp3) is 0.259. The molecule has 2 aliphatic heterocycles. The predicted octanol–water partition coefficient (Wildman–Crippen LogP) is 5.07. The second kappa shape index (κ2) is 9.81. The maximum absolute atomic E-state index is 13.7. The van der Waals surface area contributed by atoms with E-state index in [4.69, 9.17) is 0 Å². The Morgan fingerprint density at radius 2 is 1.63 bits per heavy atom. The number of hydrogen-bond donors (Lipinski definition) is 1. The second-order valence-electron chi connectivity index (χ2n) is 9.06. The molecule has 5 rings (SSSR count). The zero-order valence-corrected chi connectivity index (χ0v) is 20.3. The minimum absolute atomic E-state index is 0.0694. The van der Waals surface area contributed by atoms with Crippen molar-refractivity contribution in [1.82, 2.24) is 10.2 Å². The molecule has 1 fully saturated rings. The molecule has 8 nitrogen and oxygen atoms in total. The first-order valence-corrected chi connectivity index (χ1v) is 11.9. The Bertz CT molecular complexity index is 1380. The number of nitrogens with zero attached hydrogens (tertiary/aromatic N) is 4. The third-order valence-corrected chi connectivity index (χ3v) is 6.51. The predicted molar refractivity (Wildman–Crippen MR) is 132 cm³/mol. The van der Waals surface area contributed by atoms with Crippen LogP contribution in [0, 0.1) is 6.92 Å². The Hall–Kier alpha value is -4.41. The monoisotopic (exact) mass is 524 g/mol. The van der Waals surface area contributed by atoms with Crippen LogP contribution in [0.4, 0.5) is 24.7 Å². The molecule has 1 N–H and O–H groups in total. The van der Waals surface area contributed by atoms with E-state index in [1.54, 1.807) is 25.1 Å². The lowest BCUT2D eigenvalue weighted by Gasteiger charge is -2.26. The molecule has 0 aliphatic carbocycles. The smallest absolute Gasteiger partial charge is 0.503 e. The highest BCUT2D eigenvalue weighted by molar-refractivity contribution is 6.20. The van der Waals surface area contributed by atoms with Gasteiger partial charge in [-0.2, -0.15) is 5.10 Å². The van der Waals surface area contributed by atoms with Gasteiger partial charge in [0.15, 0.2) is 17.4 Å². The molecule has 0 saturated carbocycles. The molecule has 1 atom stereocenters. The molecule has 1 unspecified atom stereocenters. The number of rotatable bonds is 6. The normalized spacial score (nSPS) is 17.9. The highest BCUT2D eigenvalue weighted by Gasteiger charge is 2.45.